The fraction of sp³-hybridized carbons (Fsp3) is 0.909. The third-order valence-corrected chi connectivity index (χ3v) is 2.80. The van der Waals surface area contributed by atoms with Crippen molar-refractivity contribution in [2.45, 2.75) is 37.6 Å². The summed E-state index contributed by atoms with van der Waals surface area (Å²) in [5, 5.41) is 9.75. The van der Waals surface area contributed by atoms with Gasteiger partial charge in [0.05, 0.1) is 6.61 Å². The predicted molar refractivity (Wildman–Crippen MR) is 59.9 cm³/mol. The molecule has 0 aromatic carbocycles. The number of aliphatic hydroxyl groups excluding tert-OH is 1. The van der Waals surface area contributed by atoms with Gasteiger partial charge in [-0.1, -0.05) is 0 Å². The number of ether oxygens (including phenoxy) is 5. The van der Waals surface area contributed by atoms with Gasteiger partial charge in [-0.2, -0.15) is 0 Å². The molecule has 1 unspecified atom stereocenters. The number of carbonyl (C=O) groups is 1. The number of carbonyl (C=O) groups excluding carboxylic acids is 1. The van der Waals surface area contributed by atoms with E-state index in [1.54, 1.807) is 0 Å². The van der Waals surface area contributed by atoms with Gasteiger partial charge in [-0.05, 0) is 0 Å². The highest BCUT2D eigenvalue weighted by molar-refractivity contribution is 5.66. The first-order chi connectivity index (χ1) is 8.54. The van der Waals surface area contributed by atoms with Gasteiger partial charge in [0, 0.05) is 28.3 Å². The Kier molecular flexibility index (Phi) is 5.97. The maximum atomic E-state index is 11.0. The minimum absolute atomic E-state index is 0.278. The molecule has 1 aliphatic rings. The molecule has 1 aliphatic heterocycles. The van der Waals surface area contributed by atoms with E-state index in [2.05, 4.69) is 0 Å². The summed E-state index contributed by atoms with van der Waals surface area (Å²) in [5.74, 6) is -0.508. The van der Waals surface area contributed by atoms with Gasteiger partial charge < -0.3 is 28.8 Å². The van der Waals surface area contributed by atoms with Gasteiger partial charge >= 0.3 is 5.97 Å². The summed E-state index contributed by atoms with van der Waals surface area (Å²) in [6, 6.07) is 0. The molecule has 1 fully saturated rings. The zero-order chi connectivity index (χ0) is 13.7. The smallest absolute Gasteiger partial charge is 0.303 e. The van der Waals surface area contributed by atoms with Crippen molar-refractivity contribution in [3.05, 3.63) is 0 Å². The van der Waals surface area contributed by atoms with Crippen LogP contribution in [0.15, 0.2) is 0 Å². The monoisotopic (exact) mass is 264 g/mol. The molecule has 0 saturated carbocycles. The molecule has 18 heavy (non-hydrogen) atoms. The van der Waals surface area contributed by atoms with E-state index < -0.39 is 36.7 Å². The quantitative estimate of drug-likeness (QED) is 0.636. The first kappa shape index (κ1) is 15.3. The van der Waals surface area contributed by atoms with E-state index in [-0.39, 0.29) is 6.61 Å². The van der Waals surface area contributed by atoms with Crippen molar-refractivity contribution in [1.82, 2.24) is 0 Å². The molecule has 0 radical (unpaired) electrons. The summed E-state index contributed by atoms with van der Waals surface area (Å²) in [5.41, 5.74) is 0. The van der Waals surface area contributed by atoms with Crippen LogP contribution in [0.4, 0.5) is 0 Å². The van der Waals surface area contributed by atoms with Crippen LogP contribution in [0.1, 0.15) is 6.92 Å². The van der Waals surface area contributed by atoms with Gasteiger partial charge in [-0.15, -0.1) is 0 Å². The van der Waals surface area contributed by atoms with E-state index in [1.807, 2.05) is 0 Å². The van der Waals surface area contributed by atoms with Crippen LogP contribution in [0.5, 0.6) is 0 Å². The van der Waals surface area contributed by atoms with Gasteiger partial charge in [0.15, 0.2) is 12.4 Å². The van der Waals surface area contributed by atoms with Gasteiger partial charge in [0.25, 0.3) is 0 Å². The molecule has 0 aliphatic carbocycles. The van der Waals surface area contributed by atoms with Crippen LogP contribution < -0.4 is 0 Å². The third kappa shape index (κ3) is 3.39. The fourth-order valence-electron chi connectivity index (χ4n) is 2.01. The van der Waals surface area contributed by atoms with E-state index in [9.17, 15) is 9.90 Å². The van der Waals surface area contributed by atoms with Crippen molar-refractivity contribution in [1.29, 1.82) is 0 Å². The summed E-state index contributed by atoms with van der Waals surface area (Å²) < 4.78 is 25.8. The second-order valence-corrected chi connectivity index (χ2v) is 4.00. The summed E-state index contributed by atoms with van der Waals surface area (Å²) in [4.78, 5) is 11.0. The van der Waals surface area contributed by atoms with E-state index in [1.165, 1.54) is 28.3 Å². The maximum Gasteiger partial charge on any atom is 0.303 e. The molecule has 7 nitrogen and oxygen atoms in total. The zero-order valence-electron chi connectivity index (χ0n) is 11.0. The van der Waals surface area contributed by atoms with Crippen LogP contribution in [0.3, 0.4) is 0 Å². The van der Waals surface area contributed by atoms with Gasteiger partial charge in [-0.3, -0.25) is 4.79 Å². The number of hydrogen-bond donors (Lipinski definition) is 1. The predicted octanol–water partition coefficient (Wildman–Crippen LogP) is -0.688. The second-order valence-electron chi connectivity index (χ2n) is 4.00. The number of aliphatic hydroxyl groups is 1. The van der Waals surface area contributed by atoms with E-state index in [0.29, 0.717) is 0 Å². The molecule has 0 spiro atoms. The average molecular weight is 264 g/mol. The van der Waals surface area contributed by atoms with Gasteiger partial charge in [0.2, 0.25) is 0 Å². The lowest BCUT2D eigenvalue weighted by Crippen LogP contribution is -2.44. The normalized spacial score (nSPS) is 33.4. The maximum absolute atomic E-state index is 11.0. The van der Waals surface area contributed by atoms with Crippen LogP contribution >= 0.6 is 0 Å². The van der Waals surface area contributed by atoms with Crippen LogP contribution in [-0.2, 0) is 28.5 Å². The third-order valence-electron chi connectivity index (χ3n) is 2.80. The van der Waals surface area contributed by atoms with Crippen molar-refractivity contribution >= 4 is 5.97 Å². The van der Waals surface area contributed by atoms with Crippen molar-refractivity contribution < 1.29 is 33.6 Å². The Morgan fingerprint density at radius 2 is 2.00 bits per heavy atom. The highest BCUT2D eigenvalue weighted by Gasteiger charge is 2.49. The number of rotatable bonds is 6. The summed E-state index contributed by atoms with van der Waals surface area (Å²) in [6.45, 7) is 1.54. The Morgan fingerprint density at radius 3 is 2.44 bits per heavy atom. The Labute approximate surface area is 106 Å². The van der Waals surface area contributed by atoms with E-state index >= 15 is 0 Å². The Morgan fingerprint density at radius 1 is 1.33 bits per heavy atom. The molecule has 0 aromatic rings. The molecule has 5 atom stereocenters. The minimum atomic E-state index is -1.24. The zero-order valence-corrected chi connectivity index (χ0v) is 11.0. The van der Waals surface area contributed by atoms with Gasteiger partial charge in [0.1, 0.15) is 18.3 Å². The number of esters is 1. The van der Waals surface area contributed by atoms with Crippen LogP contribution in [-0.4, -0.2) is 69.7 Å². The molecule has 1 N–H and O–H groups in total. The van der Waals surface area contributed by atoms with Crippen LogP contribution in [0.2, 0.25) is 0 Å². The molecule has 106 valence electrons. The van der Waals surface area contributed by atoms with Gasteiger partial charge in [-0.25, -0.2) is 0 Å². The fourth-order valence-corrected chi connectivity index (χ4v) is 2.01. The standard InChI is InChI=1S/C11H20O7/c1-6(12)17-10-9(16-4)8(18-11(10)13)7(15-3)5-14-2/h7-11,13H,5H2,1-4H3/t7-,8+,9-,10+,11?/m0/s1. The molecule has 0 aromatic heterocycles. The molecular formula is C11H20O7. The highest BCUT2D eigenvalue weighted by Crippen LogP contribution is 2.28. The summed E-state index contributed by atoms with van der Waals surface area (Å²) in [7, 11) is 4.49. The molecule has 1 rings (SSSR count). The SMILES string of the molecule is COC[C@H](OC)[C@H]1OC(O)[C@H](OC(C)=O)[C@H]1OC. The lowest BCUT2D eigenvalue weighted by molar-refractivity contribution is -0.175. The van der Waals surface area contributed by atoms with Crippen LogP contribution in [0, 0.1) is 0 Å². The minimum Gasteiger partial charge on any atom is -0.454 e. The van der Waals surface area contributed by atoms with Crippen molar-refractivity contribution in [3.63, 3.8) is 0 Å². The molecule has 0 amide bonds. The first-order valence-corrected chi connectivity index (χ1v) is 5.60. The molecular weight excluding hydrogens is 244 g/mol. The second kappa shape index (κ2) is 7.01. The van der Waals surface area contributed by atoms with E-state index in [4.69, 9.17) is 23.7 Å². The molecule has 1 heterocycles. The van der Waals surface area contributed by atoms with Crippen molar-refractivity contribution in [2.24, 2.45) is 0 Å². The lowest BCUT2D eigenvalue weighted by atomic mass is 10.1. The molecule has 1 saturated heterocycles. The van der Waals surface area contributed by atoms with Crippen molar-refractivity contribution in [2.75, 3.05) is 27.9 Å². The summed E-state index contributed by atoms with van der Waals surface area (Å²) in [6.07, 6.45) is -3.70. The first-order valence-electron chi connectivity index (χ1n) is 5.60. The lowest BCUT2D eigenvalue weighted by Gasteiger charge is -2.26. The van der Waals surface area contributed by atoms with Crippen molar-refractivity contribution in [3.8, 4) is 0 Å². The largest absolute Gasteiger partial charge is 0.454 e. The Balaban J connectivity index is 2.78. The number of hydrogen-bond acceptors (Lipinski definition) is 7. The molecule has 7 heteroatoms. The topological polar surface area (TPSA) is 83.5 Å². The molecule has 0 bridgehead atoms. The van der Waals surface area contributed by atoms with Crippen LogP contribution in [0.25, 0.3) is 0 Å². The number of methoxy groups -OCH3 is 3. The Bertz CT molecular complexity index is 270. The van der Waals surface area contributed by atoms with E-state index in [0.717, 1.165) is 0 Å². The highest BCUT2D eigenvalue weighted by atomic mass is 16.7. The Hall–Kier alpha value is -0.730. The summed E-state index contributed by atoms with van der Waals surface area (Å²) >= 11 is 0. The average Bonchev–Trinajstić information content (AvgIpc) is 2.62.